The van der Waals surface area contributed by atoms with Crippen molar-refractivity contribution in [3.8, 4) is 0 Å². The number of carbonyl (C=O) groups excluding carboxylic acids is 1. The summed E-state index contributed by atoms with van der Waals surface area (Å²) >= 11 is 0. The van der Waals surface area contributed by atoms with Gasteiger partial charge in [-0.05, 0) is 19.4 Å². The lowest BCUT2D eigenvalue weighted by Crippen LogP contribution is -2.25. The number of oxime groups is 1. The number of nitrogens with one attached hydrogen (secondary N) is 1. The average molecular weight is 225 g/mol. The molecule has 1 heterocycles. The first-order chi connectivity index (χ1) is 7.63. The Kier molecular flexibility index (Phi) is 4.38. The van der Waals surface area contributed by atoms with Gasteiger partial charge in [0.25, 0.3) is 5.91 Å². The maximum atomic E-state index is 11.5. The van der Waals surface area contributed by atoms with Crippen molar-refractivity contribution < 1.29 is 14.4 Å². The van der Waals surface area contributed by atoms with Crippen LogP contribution in [0.25, 0.3) is 0 Å². The molecular weight excluding hydrogens is 210 g/mol. The van der Waals surface area contributed by atoms with Gasteiger partial charge in [0.1, 0.15) is 17.9 Å². The second-order valence-corrected chi connectivity index (χ2v) is 3.40. The molecule has 4 N–H and O–H groups in total. The Hall–Kier alpha value is -1.98. The topological polar surface area (TPSA) is 101 Å². The minimum absolute atomic E-state index is 0.161. The number of nitrogens with two attached hydrogens (primary N) is 1. The molecule has 0 aliphatic carbocycles. The number of hydrogen-bond donors (Lipinski definition) is 3. The fourth-order valence-electron chi connectivity index (χ4n) is 1.19. The van der Waals surface area contributed by atoms with Crippen molar-refractivity contribution in [3.63, 3.8) is 0 Å². The van der Waals surface area contributed by atoms with E-state index in [1.165, 1.54) is 6.26 Å². The first-order valence-corrected chi connectivity index (χ1v) is 4.93. The molecule has 16 heavy (non-hydrogen) atoms. The molecule has 0 saturated carbocycles. The molecule has 0 radical (unpaired) electrons. The summed E-state index contributed by atoms with van der Waals surface area (Å²) in [6.45, 7) is 2.24. The summed E-state index contributed by atoms with van der Waals surface area (Å²) in [5.74, 6) is 0.673. The summed E-state index contributed by atoms with van der Waals surface area (Å²) in [5, 5.41) is 13.8. The summed E-state index contributed by atoms with van der Waals surface area (Å²) in [4.78, 5) is 11.5. The zero-order chi connectivity index (χ0) is 12.0. The zero-order valence-corrected chi connectivity index (χ0v) is 9.06. The molecule has 0 unspecified atom stereocenters. The van der Waals surface area contributed by atoms with Crippen LogP contribution in [-0.2, 0) is 0 Å². The largest absolute Gasteiger partial charge is 0.469 e. The van der Waals surface area contributed by atoms with E-state index in [2.05, 4.69) is 10.5 Å². The SMILES string of the molecule is Cc1cc(C(=O)NCCCC(N)=NO)co1. The lowest BCUT2D eigenvalue weighted by Gasteiger charge is -2.02. The molecule has 0 aliphatic heterocycles. The van der Waals surface area contributed by atoms with Crippen molar-refractivity contribution in [2.75, 3.05) is 6.54 Å². The van der Waals surface area contributed by atoms with E-state index in [-0.39, 0.29) is 11.7 Å². The lowest BCUT2D eigenvalue weighted by atomic mass is 10.2. The third-order valence-corrected chi connectivity index (χ3v) is 2.02. The van der Waals surface area contributed by atoms with Gasteiger partial charge in [-0.3, -0.25) is 4.79 Å². The number of carbonyl (C=O) groups is 1. The summed E-state index contributed by atoms with van der Waals surface area (Å²) in [5.41, 5.74) is 5.78. The van der Waals surface area contributed by atoms with Crippen molar-refractivity contribution in [1.29, 1.82) is 0 Å². The Morgan fingerprint density at radius 2 is 2.44 bits per heavy atom. The first kappa shape index (κ1) is 12.1. The Labute approximate surface area is 93.1 Å². The van der Waals surface area contributed by atoms with Crippen LogP contribution in [0.5, 0.6) is 0 Å². The average Bonchev–Trinajstić information content (AvgIpc) is 2.70. The minimum Gasteiger partial charge on any atom is -0.469 e. The van der Waals surface area contributed by atoms with E-state index in [0.717, 1.165) is 0 Å². The van der Waals surface area contributed by atoms with Gasteiger partial charge in [-0.1, -0.05) is 5.16 Å². The van der Waals surface area contributed by atoms with Gasteiger partial charge in [0.15, 0.2) is 0 Å². The van der Waals surface area contributed by atoms with Gasteiger partial charge in [0.05, 0.1) is 5.56 Å². The third-order valence-electron chi connectivity index (χ3n) is 2.02. The molecule has 0 atom stereocenters. The Morgan fingerprint density at radius 1 is 1.69 bits per heavy atom. The molecule has 0 fully saturated rings. The van der Waals surface area contributed by atoms with E-state index >= 15 is 0 Å². The van der Waals surface area contributed by atoms with E-state index in [4.69, 9.17) is 15.4 Å². The Balaban J connectivity index is 2.26. The maximum absolute atomic E-state index is 11.5. The fourth-order valence-corrected chi connectivity index (χ4v) is 1.19. The molecule has 0 spiro atoms. The highest BCUT2D eigenvalue weighted by Gasteiger charge is 2.07. The number of nitrogens with zero attached hydrogens (tertiary/aromatic N) is 1. The molecule has 6 heteroatoms. The zero-order valence-electron chi connectivity index (χ0n) is 9.06. The number of hydrogen-bond acceptors (Lipinski definition) is 4. The monoisotopic (exact) mass is 225 g/mol. The van der Waals surface area contributed by atoms with Gasteiger partial charge in [-0.2, -0.15) is 0 Å². The van der Waals surface area contributed by atoms with E-state index in [1.807, 2.05) is 0 Å². The lowest BCUT2D eigenvalue weighted by molar-refractivity contribution is 0.0952. The standard InChI is InChI=1S/C10H15N3O3/c1-7-5-8(6-16-7)10(14)12-4-2-3-9(11)13-15/h5-6,15H,2-4H2,1H3,(H2,11,13)(H,12,14). The molecule has 0 aromatic carbocycles. The van der Waals surface area contributed by atoms with Crippen molar-refractivity contribution in [1.82, 2.24) is 5.32 Å². The van der Waals surface area contributed by atoms with Gasteiger partial charge in [0, 0.05) is 13.0 Å². The maximum Gasteiger partial charge on any atom is 0.254 e. The van der Waals surface area contributed by atoms with Crippen molar-refractivity contribution in [3.05, 3.63) is 23.7 Å². The first-order valence-electron chi connectivity index (χ1n) is 4.93. The summed E-state index contributed by atoms with van der Waals surface area (Å²) in [6.07, 6.45) is 2.48. The molecular formula is C10H15N3O3. The van der Waals surface area contributed by atoms with Gasteiger partial charge in [-0.15, -0.1) is 0 Å². The number of rotatable bonds is 5. The van der Waals surface area contributed by atoms with Crippen LogP contribution in [0.4, 0.5) is 0 Å². The van der Waals surface area contributed by atoms with E-state index in [0.29, 0.717) is 30.7 Å². The quantitative estimate of drug-likeness (QED) is 0.227. The highest BCUT2D eigenvalue weighted by atomic mass is 16.4. The predicted octanol–water partition coefficient (Wildman–Crippen LogP) is 0.844. The molecule has 0 saturated heterocycles. The van der Waals surface area contributed by atoms with Crippen LogP contribution in [0.3, 0.4) is 0 Å². The van der Waals surface area contributed by atoms with Crippen LogP contribution < -0.4 is 11.1 Å². The van der Waals surface area contributed by atoms with Gasteiger partial charge in [-0.25, -0.2) is 0 Å². The van der Waals surface area contributed by atoms with Crippen LogP contribution in [-0.4, -0.2) is 23.5 Å². The number of aryl methyl sites for hydroxylation is 1. The summed E-state index contributed by atoms with van der Waals surface area (Å²) in [7, 11) is 0. The van der Waals surface area contributed by atoms with Gasteiger partial charge < -0.3 is 20.7 Å². The molecule has 1 aromatic heterocycles. The van der Waals surface area contributed by atoms with Crippen molar-refractivity contribution >= 4 is 11.7 Å². The van der Waals surface area contributed by atoms with Crippen molar-refractivity contribution in [2.45, 2.75) is 19.8 Å². The van der Waals surface area contributed by atoms with Crippen LogP contribution in [0.2, 0.25) is 0 Å². The summed E-state index contributed by atoms with van der Waals surface area (Å²) in [6, 6.07) is 1.67. The molecule has 0 bridgehead atoms. The molecule has 1 amide bonds. The highest BCUT2D eigenvalue weighted by Crippen LogP contribution is 2.05. The number of amides is 1. The van der Waals surface area contributed by atoms with Crippen molar-refractivity contribution in [2.24, 2.45) is 10.9 Å². The second-order valence-electron chi connectivity index (χ2n) is 3.40. The van der Waals surface area contributed by atoms with E-state index in [9.17, 15) is 4.79 Å². The second kappa shape index (κ2) is 5.79. The van der Waals surface area contributed by atoms with Gasteiger partial charge in [0.2, 0.25) is 0 Å². The molecule has 0 aliphatic rings. The molecule has 88 valence electrons. The highest BCUT2D eigenvalue weighted by molar-refractivity contribution is 5.93. The van der Waals surface area contributed by atoms with E-state index in [1.54, 1.807) is 13.0 Å². The summed E-state index contributed by atoms with van der Waals surface area (Å²) < 4.78 is 5.01. The van der Waals surface area contributed by atoms with Crippen LogP contribution >= 0.6 is 0 Å². The van der Waals surface area contributed by atoms with E-state index < -0.39 is 0 Å². The number of furan rings is 1. The smallest absolute Gasteiger partial charge is 0.254 e. The van der Waals surface area contributed by atoms with Crippen LogP contribution in [0, 0.1) is 6.92 Å². The molecule has 6 nitrogen and oxygen atoms in total. The Morgan fingerprint density at radius 3 is 3.00 bits per heavy atom. The fraction of sp³-hybridized carbons (Fsp3) is 0.400. The number of amidine groups is 1. The minimum atomic E-state index is -0.184. The third kappa shape index (κ3) is 3.64. The Bertz CT molecular complexity index is 384. The predicted molar refractivity (Wildman–Crippen MR) is 58.4 cm³/mol. The van der Waals surface area contributed by atoms with Crippen LogP contribution in [0.1, 0.15) is 29.0 Å². The molecule has 1 aromatic rings. The van der Waals surface area contributed by atoms with Gasteiger partial charge >= 0.3 is 0 Å². The van der Waals surface area contributed by atoms with Crippen LogP contribution in [0.15, 0.2) is 21.9 Å². The molecule has 1 rings (SSSR count). The normalized spacial score (nSPS) is 11.4.